The Labute approximate surface area is 133 Å². The molecule has 0 amide bonds. The Bertz CT molecular complexity index is 447. The van der Waals surface area contributed by atoms with Crippen LogP contribution in [0.2, 0.25) is 0 Å². The Balaban J connectivity index is 2.00. The summed E-state index contributed by atoms with van der Waals surface area (Å²) in [5, 5.41) is 13.4. The van der Waals surface area contributed by atoms with Crippen LogP contribution in [-0.4, -0.2) is 29.5 Å². The average Bonchev–Trinajstić information content (AvgIpc) is 3.28. The molecule has 2 N–H and O–H groups in total. The lowest BCUT2D eigenvalue weighted by Gasteiger charge is -2.33. The molecule has 1 atom stereocenters. The maximum atomic E-state index is 9.87. The van der Waals surface area contributed by atoms with Crippen molar-refractivity contribution in [3.05, 3.63) is 29.8 Å². The molecular formula is C18H29NOS. The van der Waals surface area contributed by atoms with Gasteiger partial charge in [0.2, 0.25) is 0 Å². The summed E-state index contributed by atoms with van der Waals surface area (Å²) in [5.74, 6) is 1.58. The van der Waals surface area contributed by atoms with Crippen LogP contribution in [0.3, 0.4) is 0 Å². The van der Waals surface area contributed by atoms with E-state index in [-0.39, 0.29) is 17.6 Å². The van der Waals surface area contributed by atoms with Gasteiger partial charge in [0.1, 0.15) is 0 Å². The number of aliphatic hydroxyl groups excluding tert-OH is 1. The quantitative estimate of drug-likeness (QED) is 0.751. The smallest absolute Gasteiger partial charge is 0.0624 e. The summed E-state index contributed by atoms with van der Waals surface area (Å²) in [6.45, 7) is 9.99. The summed E-state index contributed by atoms with van der Waals surface area (Å²) in [6.07, 6.45) is 2.49. The topological polar surface area (TPSA) is 32.3 Å². The van der Waals surface area contributed by atoms with Crippen molar-refractivity contribution in [2.75, 3.05) is 18.9 Å². The van der Waals surface area contributed by atoms with Crippen molar-refractivity contribution in [2.24, 2.45) is 5.92 Å². The number of benzene rings is 1. The van der Waals surface area contributed by atoms with Gasteiger partial charge in [0.15, 0.2) is 0 Å². The Morgan fingerprint density at radius 1 is 1.19 bits per heavy atom. The minimum Gasteiger partial charge on any atom is -0.394 e. The summed E-state index contributed by atoms with van der Waals surface area (Å²) < 4.78 is 0. The van der Waals surface area contributed by atoms with Crippen LogP contribution in [0.25, 0.3) is 0 Å². The molecule has 0 radical (unpaired) electrons. The Morgan fingerprint density at radius 3 is 2.24 bits per heavy atom. The Hall–Kier alpha value is -0.510. The van der Waals surface area contributed by atoms with E-state index in [2.05, 4.69) is 57.3 Å². The second-order valence-corrected chi connectivity index (χ2v) is 8.23. The van der Waals surface area contributed by atoms with Gasteiger partial charge in [-0.05, 0) is 48.4 Å². The van der Waals surface area contributed by atoms with Gasteiger partial charge < -0.3 is 10.4 Å². The van der Waals surface area contributed by atoms with E-state index < -0.39 is 0 Å². The molecule has 0 saturated heterocycles. The molecule has 0 spiro atoms. The second kappa shape index (κ2) is 6.72. The number of aliphatic hydroxyl groups is 1. The molecule has 2 rings (SSSR count). The van der Waals surface area contributed by atoms with Gasteiger partial charge in [-0.3, -0.25) is 0 Å². The molecular weight excluding hydrogens is 278 g/mol. The van der Waals surface area contributed by atoms with Gasteiger partial charge in [0.05, 0.1) is 12.1 Å². The molecule has 0 bridgehead atoms. The van der Waals surface area contributed by atoms with Gasteiger partial charge in [-0.2, -0.15) is 0 Å². The highest BCUT2D eigenvalue weighted by molar-refractivity contribution is 7.99. The molecule has 1 fully saturated rings. The van der Waals surface area contributed by atoms with E-state index in [0.29, 0.717) is 5.92 Å². The van der Waals surface area contributed by atoms with E-state index in [0.717, 1.165) is 12.3 Å². The lowest BCUT2D eigenvalue weighted by atomic mass is 9.87. The van der Waals surface area contributed by atoms with Crippen molar-refractivity contribution in [3.63, 3.8) is 0 Å². The summed E-state index contributed by atoms with van der Waals surface area (Å²) in [5.41, 5.74) is 1.48. The van der Waals surface area contributed by atoms with Gasteiger partial charge >= 0.3 is 0 Å². The zero-order chi connectivity index (χ0) is 15.5. The van der Waals surface area contributed by atoms with E-state index in [9.17, 15) is 5.11 Å². The van der Waals surface area contributed by atoms with E-state index in [1.165, 1.54) is 23.3 Å². The second-order valence-electron chi connectivity index (χ2n) is 7.18. The zero-order valence-electron chi connectivity index (χ0n) is 13.8. The van der Waals surface area contributed by atoms with Crippen molar-refractivity contribution in [3.8, 4) is 0 Å². The first-order valence-electron chi connectivity index (χ1n) is 8.00. The highest BCUT2D eigenvalue weighted by Gasteiger charge is 2.44. The maximum absolute atomic E-state index is 9.87. The van der Waals surface area contributed by atoms with Crippen LogP contribution in [0, 0.1) is 5.92 Å². The highest BCUT2D eigenvalue weighted by atomic mass is 32.2. The van der Waals surface area contributed by atoms with Crippen molar-refractivity contribution < 1.29 is 5.11 Å². The number of nitrogens with one attached hydrogen (secondary N) is 1. The number of hydrogen-bond donors (Lipinski definition) is 2. The third-order valence-corrected chi connectivity index (χ3v) is 5.65. The third kappa shape index (κ3) is 4.24. The van der Waals surface area contributed by atoms with E-state index in [4.69, 9.17) is 0 Å². The predicted octanol–water partition coefficient (Wildman–Crippen LogP) is 3.83. The lowest BCUT2D eigenvalue weighted by Crippen LogP contribution is -2.52. The third-order valence-electron chi connectivity index (χ3n) is 4.39. The summed E-state index contributed by atoms with van der Waals surface area (Å²) >= 11 is 1.86. The van der Waals surface area contributed by atoms with Gasteiger partial charge in [-0.1, -0.05) is 39.8 Å². The molecule has 0 heterocycles. The van der Waals surface area contributed by atoms with Crippen LogP contribution in [0.1, 0.15) is 46.1 Å². The first-order chi connectivity index (χ1) is 9.91. The first kappa shape index (κ1) is 16.9. The number of hydrogen-bond acceptors (Lipinski definition) is 3. The Morgan fingerprint density at radius 2 is 1.81 bits per heavy atom. The predicted molar refractivity (Wildman–Crippen MR) is 92.1 cm³/mol. The molecule has 1 aromatic rings. The number of rotatable bonds is 7. The number of thioether (sulfide) groups is 1. The molecule has 118 valence electrons. The zero-order valence-corrected chi connectivity index (χ0v) is 14.6. The molecule has 0 aliphatic heterocycles. The van der Waals surface area contributed by atoms with Crippen molar-refractivity contribution in [1.29, 1.82) is 0 Å². The normalized spacial score (nSPS) is 18.5. The van der Waals surface area contributed by atoms with Crippen LogP contribution >= 0.6 is 11.8 Å². The fraction of sp³-hybridized carbons (Fsp3) is 0.667. The SMILES string of the molecule is CCNC(CO)(CSc1ccc(C(C)(C)C)cc1)C1CC1. The van der Waals surface area contributed by atoms with Crippen LogP contribution < -0.4 is 5.32 Å². The van der Waals surface area contributed by atoms with E-state index in [1.54, 1.807) is 0 Å². The van der Waals surface area contributed by atoms with Crippen LogP contribution in [0.4, 0.5) is 0 Å². The lowest BCUT2D eigenvalue weighted by molar-refractivity contribution is 0.161. The van der Waals surface area contributed by atoms with E-state index >= 15 is 0 Å². The molecule has 1 aliphatic carbocycles. The minimum atomic E-state index is -0.0951. The van der Waals surface area contributed by atoms with Crippen molar-refractivity contribution >= 4 is 11.8 Å². The molecule has 1 aliphatic rings. The van der Waals surface area contributed by atoms with Gasteiger partial charge in [-0.15, -0.1) is 11.8 Å². The van der Waals surface area contributed by atoms with Crippen LogP contribution in [0.15, 0.2) is 29.2 Å². The van der Waals surface area contributed by atoms with Gasteiger partial charge in [-0.25, -0.2) is 0 Å². The fourth-order valence-corrected chi connectivity index (χ4v) is 3.98. The summed E-state index contributed by atoms with van der Waals surface area (Å²) in [6, 6.07) is 8.89. The molecule has 3 heteroatoms. The molecule has 1 saturated carbocycles. The van der Waals surface area contributed by atoms with E-state index in [1.807, 2.05) is 11.8 Å². The molecule has 1 aromatic carbocycles. The average molecular weight is 308 g/mol. The highest BCUT2D eigenvalue weighted by Crippen LogP contribution is 2.42. The summed E-state index contributed by atoms with van der Waals surface area (Å²) in [7, 11) is 0. The monoisotopic (exact) mass is 307 g/mol. The van der Waals surface area contributed by atoms with Crippen molar-refractivity contribution in [1.82, 2.24) is 5.32 Å². The molecule has 21 heavy (non-hydrogen) atoms. The van der Waals surface area contributed by atoms with Crippen LogP contribution in [-0.2, 0) is 5.41 Å². The number of likely N-dealkylation sites (N-methyl/N-ethyl adjacent to an activating group) is 1. The summed E-state index contributed by atoms with van der Waals surface area (Å²) in [4.78, 5) is 1.29. The largest absolute Gasteiger partial charge is 0.394 e. The standard InChI is InChI=1S/C18H29NOS/c1-5-19-18(12-20,15-6-7-15)13-21-16-10-8-14(9-11-16)17(2,3)4/h8-11,15,19-20H,5-7,12-13H2,1-4H3. The first-order valence-corrected chi connectivity index (χ1v) is 8.99. The van der Waals surface area contributed by atoms with Crippen LogP contribution in [0.5, 0.6) is 0 Å². The minimum absolute atomic E-state index is 0.0951. The van der Waals surface area contributed by atoms with Gasteiger partial charge in [0, 0.05) is 10.6 Å². The molecule has 1 unspecified atom stereocenters. The molecule has 2 nitrogen and oxygen atoms in total. The Kier molecular flexibility index (Phi) is 5.39. The maximum Gasteiger partial charge on any atom is 0.0624 e. The fourth-order valence-electron chi connectivity index (χ4n) is 2.80. The van der Waals surface area contributed by atoms with Gasteiger partial charge in [0.25, 0.3) is 0 Å². The molecule has 0 aromatic heterocycles. The van der Waals surface area contributed by atoms with Crippen molar-refractivity contribution in [2.45, 2.75) is 56.4 Å².